The monoisotopic (exact) mass is 481 g/mol. The van der Waals surface area contributed by atoms with E-state index < -0.39 is 11.6 Å². The first-order chi connectivity index (χ1) is 15.1. The molecule has 0 atom stereocenters. The Morgan fingerprint density at radius 1 is 0.710 bits per heavy atom. The number of halogens is 3. The van der Waals surface area contributed by atoms with Crippen molar-refractivity contribution in [2.24, 2.45) is 0 Å². The van der Waals surface area contributed by atoms with Crippen LogP contribution in [0.4, 0.5) is 8.78 Å². The number of hydrogen-bond acceptors (Lipinski definition) is 3. The van der Waals surface area contributed by atoms with E-state index in [0.29, 0.717) is 17.0 Å². The molecule has 0 aliphatic heterocycles. The minimum Gasteiger partial charge on any atom is -0.473 e. The van der Waals surface area contributed by atoms with E-state index in [2.05, 4.69) is 20.9 Å². The van der Waals surface area contributed by atoms with Crippen molar-refractivity contribution in [2.75, 3.05) is 0 Å². The lowest BCUT2D eigenvalue weighted by Crippen LogP contribution is -2.03. The highest BCUT2D eigenvalue weighted by molar-refractivity contribution is 9.10. The molecule has 0 aliphatic carbocycles. The fourth-order valence-corrected chi connectivity index (χ4v) is 3.46. The Kier molecular flexibility index (Phi) is 6.57. The van der Waals surface area contributed by atoms with Gasteiger partial charge in [-0.25, -0.2) is 8.78 Å². The molecule has 0 bridgehead atoms. The molecular weight excluding hydrogens is 464 g/mol. The van der Waals surface area contributed by atoms with Gasteiger partial charge in [-0.15, -0.1) is 0 Å². The molecular formula is C25H18BrF2NO2. The van der Waals surface area contributed by atoms with Gasteiger partial charge in [0.2, 0.25) is 11.8 Å². The van der Waals surface area contributed by atoms with Crippen LogP contribution >= 0.6 is 15.9 Å². The number of ether oxygens (including phenoxy) is 2. The van der Waals surface area contributed by atoms with E-state index in [-0.39, 0.29) is 23.6 Å². The molecule has 3 aromatic carbocycles. The van der Waals surface area contributed by atoms with Crippen molar-refractivity contribution in [3.05, 3.63) is 112 Å². The molecule has 1 aromatic heterocycles. The van der Waals surface area contributed by atoms with E-state index in [1.54, 1.807) is 12.1 Å². The van der Waals surface area contributed by atoms with Crippen LogP contribution in [0.1, 0.15) is 11.1 Å². The van der Waals surface area contributed by atoms with Crippen LogP contribution in [0, 0.1) is 11.6 Å². The number of pyridine rings is 1. The third kappa shape index (κ3) is 5.27. The predicted molar refractivity (Wildman–Crippen MR) is 119 cm³/mol. The lowest BCUT2D eigenvalue weighted by Gasteiger charge is -2.14. The summed E-state index contributed by atoms with van der Waals surface area (Å²) < 4.78 is 41.2. The summed E-state index contributed by atoms with van der Waals surface area (Å²) >= 11 is 3.11. The smallest absolute Gasteiger partial charge is 0.225 e. The molecule has 4 rings (SSSR count). The van der Waals surface area contributed by atoms with Crippen LogP contribution in [0.5, 0.6) is 11.8 Å². The number of hydrogen-bond donors (Lipinski definition) is 0. The largest absolute Gasteiger partial charge is 0.473 e. The summed E-state index contributed by atoms with van der Waals surface area (Å²) in [5, 5.41) is 0. The fourth-order valence-electron chi connectivity index (χ4n) is 3.06. The van der Waals surface area contributed by atoms with Gasteiger partial charge in [-0.05, 0) is 29.3 Å². The van der Waals surface area contributed by atoms with Gasteiger partial charge in [-0.1, -0.05) is 76.6 Å². The quantitative estimate of drug-likeness (QED) is 0.286. The second-order valence-corrected chi connectivity index (χ2v) is 7.71. The fraction of sp³-hybridized carbons (Fsp3) is 0.0800. The highest BCUT2D eigenvalue weighted by Crippen LogP contribution is 2.36. The second kappa shape index (κ2) is 9.71. The van der Waals surface area contributed by atoms with Gasteiger partial charge >= 0.3 is 0 Å². The molecule has 0 saturated carbocycles. The lowest BCUT2D eigenvalue weighted by molar-refractivity contribution is 0.268. The molecule has 4 aromatic rings. The molecule has 3 nitrogen and oxygen atoms in total. The van der Waals surface area contributed by atoms with E-state index in [1.165, 1.54) is 12.1 Å². The normalized spacial score (nSPS) is 10.7. The van der Waals surface area contributed by atoms with Crippen molar-refractivity contribution in [1.82, 2.24) is 4.98 Å². The van der Waals surface area contributed by atoms with Gasteiger partial charge in [0.15, 0.2) is 0 Å². The summed E-state index contributed by atoms with van der Waals surface area (Å²) in [4.78, 5) is 4.39. The molecule has 156 valence electrons. The Hall–Kier alpha value is -3.25. The molecule has 6 heteroatoms. The Bertz CT molecular complexity index is 1150. The van der Waals surface area contributed by atoms with Crippen LogP contribution in [0.3, 0.4) is 0 Å². The molecule has 0 radical (unpaired) electrons. The van der Waals surface area contributed by atoms with Crippen LogP contribution in [-0.4, -0.2) is 4.98 Å². The number of rotatable bonds is 7. The summed E-state index contributed by atoms with van der Waals surface area (Å²) in [6.07, 6.45) is 0. The molecule has 0 unspecified atom stereocenters. The van der Waals surface area contributed by atoms with Gasteiger partial charge in [0, 0.05) is 10.5 Å². The maximum absolute atomic E-state index is 14.6. The van der Waals surface area contributed by atoms with Crippen molar-refractivity contribution in [2.45, 2.75) is 13.2 Å². The summed E-state index contributed by atoms with van der Waals surface area (Å²) in [6.45, 7) is 0.509. The Labute approximate surface area is 187 Å². The van der Waals surface area contributed by atoms with Gasteiger partial charge in [-0.2, -0.15) is 4.98 Å². The highest BCUT2D eigenvalue weighted by atomic mass is 79.9. The van der Waals surface area contributed by atoms with Crippen LogP contribution in [0.25, 0.3) is 11.1 Å². The number of nitrogens with zero attached hydrogens (tertiary/aromatic N) is 1. The van der Waals surface area contributed by atoms with Crippen LogP contribution < -0.4 is 9.47 Å². The molecule has 0 aliphatic rings. The molecule has 1 heterocycles. The molecule has 0 saturated heterocycles. The first-order valence-electron chi connectivity index (χ1n) is 9.59. The van der Waals surface area contributed by atoms with E-state index >= 15 is 0 Å². The van der Waals surface area contributed by atoms with Crippen molar-refractivity contribution >= 4 is 15.9 Å². The maximum atomic E-state index is 14.6. The van der Waals surface area contributed by atoms with E-state index in [9.17, 15) is 8.78 Å². The summed E-state index contributed by atoms with van der Waals surface area (Å²) in [7, 11) is 0. The lowest BCUT2D eigenvalue weighted by atomic mass is 10.1. The van der Waals surface area contributed by atoms with Gasteiger partial charge in [0.25, 0.3) is 0 Å². The summed E-state index contributed by atoms with van der Waals surface area (Å²) in [5.74, 6) is -1.03. The third-order valence-corrected chi connectivity index (χ3v) is 5.02. The third-order valence-electron chi connectivity index (χ3n) is 4.56. The molecule has 0 N–H and O–H groups in total. The van der Waals surface area contributed by atoms with Gasteiger partial charge in [0.05, 0.1) is 11.1 Å². The van der Waals surface area contributed by atoms with E-state index in [0.717, 1.165) is 11.1 Å². The van der Waals surface area contributed by atoms with E-state index in [1.807, 2.05) is 60.7 Å². The van der Waals surface area contributed by atoms with Crippen LogP contribution in [-0.2, 0) is 13.2 Å². The Morgan fingerprint density at radius 2 is 1.26 bits per heavy atom. The van der Waals surface area contributed by atoms with Crippen LogP contribution in [0.15, 0.2) is 89.4 Å². The minimum absolute atomic E-state index is 0.0922. The van der Waals surface area contributed by atoms with Crippen molar-refractivity contribution in [3.8, 4) is 22.9 Å². The van der Waals surface area contributed by atoms with Crippen LogP contribution in [0.2, 0.25) is 0 Å². The summed E-state index contributed by atoms with van der Waals surface area (Å²) in [5.41, 5.74) is 1.89. The zero-order valence-corrected chi connectivity index (χ0v) is 18.0. The molecule has 0 spiro atoms. The minimum atomic E-state index is -0.712. The summed E-state index contributed by atoms with van der Waals surface area (Å²) in [6, 6.07) is 24.7. The first kappa shape index (κ1) is 21.0. The number of aromatic nitrogens is 1. The Morgan fingerprint density at radius 3 is 1.84 bits per heavy atom. The molecule has 0 amide bonds. The predicted octanol–water partition coefficient (Wildman–Crippen LogP) is 6.95. The zero-order chi connectivity index (χ0) is 21.6. The SMILES string of the molecule is Fc1cc(Br)cc(F)c1-c1ccc(OCc2ccccc2)nc1OCc1ccccc1. The zero-order valence-electron chi connectivity index (χ0n) is 16.4. The van der Waals surface area contributed by atoms with Gasteiger partial charge in [0.1, 0.15) is 24.8 Å². The van der Waals surface area contributed by atoms with Crippen molar-refractivity contribution in [3.63, 3.8) is 0 Å². The highest BCUT2D eigenvalue weighted by Gasteiger charge is 2.19. The Balaban J connectivity index is 1.66. The van der Waals surface area contributed by atoms with Gasteiger partial charge in [-0.3, -0.25) is 0 Å². The first-order valence-corrected chi connectivity index (χ1v) is 10.4. The average molecular weight is 482 g/mol. The second-order valence-electron chi connectivity index (χ2n) is 6.80. The standard InChI is InChI=1S/C25H18BrF2NO2/c26-19-13-21(27)24(22(28)14-19)20-11-12-23(30-15-17-7-3-1-4-8-17)29-25(20)31-16-18-9-5-2-6-10-18/h1-14H,15-16H2. The van der Waals surface area contributed by atoms with Gasteiger partial charge < -0.3 is 9.47 Å². The topological polar surface area (TPSA) is 31.4 Å². The molecule has 31 heavy (non-hydrogen) atoms. The van der Waals surface area contributed by atoms with Crippen molar-refractivity contribution < 1.29 is 18.3 Å². The molecule has 0 fully saturated rings. The average Bonchev–Trinajstić information content (AvgIpc) is 2.78. The van der Waals surface area contributed by atoms with Crippen molar-refractivity contribution in [1.29, 1.82) is 0 Å². The number of benzene rings is 3. The maximum Gasteiger partial charge on any atom is 0.225 e. The van der Waals surface area contributed by atoms with E-state index in [4.69, 9.17) is 9.47 Å².